The molecule has 0 atom stereocenters. The number of anilines is 1. The first-order valence-corrected chi connectivity index (χ1v) is 6.25. The van der Waals surface area contributed by atoms with E-state index in [0.29, 0.717) is 10.7 Å². The predicted molar refractivity (Wildman–Crippen MR) is 69.6 cm³/mol. The van der Waals surface area contributed by atoms with E-state index in [2.05, 4.69) is 21.2 Å². The van der Waals surface area contributed by atoms with Crippen molar-refractivity contribution in [2.24, 2.45) is 5.92 Å². The number of nitrogens with one attached hydrogen (secondary N) is 1. The Hall–Kier alpha value is -0.800. The number of amides is 1. The van der Waals surface area contributed by atoms with Crippen molar-refractivity contribution in [1.29, 1.82) is 0 Å². The van der Waals surface area contributed by atoms with Gasteiger partial charge in [0.05, 0.1) is 10.7 Å². The van der Waals surface area contributed by atoms with Crippen LogP contribution in [-0.2, 0) is 4.79 Å². The van der Waals surface area contributed by atoms with Crippen LogP contribution in [0.4, 0.5) is 5.69 Å². The van der Waals surface area contributed by atoms with Gasteiger partial charge in [-0.1, -0.05) is 39.7 Å². The molecule has 0 fully saturated rings. The molecule has 0 unspecified atom stereocenters. The van der Waals surface area contributed by atoms with Gasteiger partial charge in [0.1, 0.15) is 0 Å². The first-order valence-electron chi connectivity index (χ1n) is 5.08. The SMILES string of the molecule is O=C(Nc1cc(Br)ccc1Cl)C1CC=CC1. The molecule has 0 aromatic heterocycles. The summed E-state index contributed by atoms with van der Waals surface area (Å²) in [5.41, 5.74) is 0.660. The molecule has 0 saturated heterocycles. The van der Waals surface area contributed by atoms with E-state index >= 15 is 0 Å². The smallest absolute Gasteiger partial charge is 0.228 e. The van der Waals surface area contributed by atoms with E-state index in [4.69, 9.17) is 11.6 Å². The Bertz CT molecular complexity index is 437. The number of carbonyl (C=O) groups excluding carboxylic acids is 1. The van der Waals surface area contributed by atoms with Gasteiger partial charge in [0.15, 0.2) is 0 Å². The Morgan fingerprint density at radius 3 is 2.75 bits per heavy atom. The lowest BCUT2D eigenvalue weighted by atomic mass is 10.1. The number of halogens is 2. The summed E-state index contributed by atoms with van der Waals surface area (Å²) < 4.78 is 0.900. The molecule has 84 valence electrons. The van der Waals surface area contributed by atoms with Crippen molar-refractivity contribution in [3.05, 3.63) is 39.8 Å². The average Bonchev–Trinajstić information content (AvgIpc) is 2.76. The van der Waals surface area contributed by atoms with Gasteiger partial charge in [0.2, 0.25) is 5.91 Å². The number of hydrogen-bond acceptors (Lipinski definition) is 1. The van der Waals surface area contributed by atoms with Gasteiger partial charge in [0, 0.05) is 10.4 Å². The van der Waals surface area contributed by atoms with Gasteiger partial charge in [-0.15, -0.1) is 0 Å². The van der Waals surface area contributed by atoms with E-state index in [1.54, 1.807) is 6.07 Å². The lowest BCUT2D eigenvalue weighted by Crippen LogP contribution is -2.20. The third-order valence-electron chi connectivity index (χ3n) is 2.56. The molecule has 1 aromatic carbocycles. The molecule has 0 radical (unpaired) electrons. The third-order valence-corrected chi connectivity index (χ3v) is 3.39. The third kappa shape index (κ3) is 2.66. The number of hydrogen-bond donors (Lipinski definition) is 1. The molecule has 4 heteroatoms. The van der Waals surface area contributed by atoms with E-state index in [1.807, 2.05) is 24.3 Å². The molecule has 1 N–H and O–H groups in total. The van der Waals surface area contributed by atoms with E-state index in [9.17, 15) is 4.79 Å². The Morgan fingerprint density at radius 1 is 1.38 bits per heavy atom. The second-order valence-corrected chi connectivity index (χ2v) is 5.08. The highest BCUT2D eigenvalue weighted by Gasteiger charge is 2.19. The quantitative estimate of drug-likeness (QED) is 0.822. The molecule has 2 nitrogen and oxygen atoms in total. The maximum Gasteiger partial charge on any atom is 0.228 e. The second kappa shape index (κ2) is 5.02. The summed E-state index contributed by atoms with van der Waals surface area (Å²) in [5, 5.41) is 3.41. The summed E-state index contributed by atoms with van der Waals surface area (Å²) >= 11 is 9.34. The van der Waals surface area contributed by atoms with Crippen LogP contribution in [0.25, 0.3) is 0 Å². The molecule has 16 heavy (non-hydrogen) atoms. The summed E-state index contributed by atoms with van der Waals surface area (Å²) in [4.78, 5) is 11.9. The zero-order valence-electron chi connectivity index (χ0n) is 8.54. The summed E-state index contributed by atoms with van der Waals surface area (Å²) in [6.07, 6.45) is 5.70. The normalized spacial score (nSPS) is 15.4. The molecule has 1 aromatic rings. The molecule has 1 amide bonds. The summed E-state index contributed by atoms with van der Waals surface area (Å²) in [6, 6.07) is 5.41. The Morgan fingerprint density at radius 2 is 2.06 bits per heavy atom. The van der Waals surface area contributed by atoms with Crippen LogP contribution in [0.3, 0.4) is 0 Å². The van der Waals surface area contributed by atoms with Crippen LogP contribution in [0.2, 0.25) is 5.02 Å². The lowest BCUT2D eigenvalue weighted by molar-refractivity contribution is -0.119. The van der Waals surface area contributed by atoms with E-state index < -0.39 is 0 Å². The first-order chi connectivity index (χ1) is 7.66. The van der Waals surface area contributed by atoms with Gasteiger partial charge in [-0.05, 0) is 31.0 Å². The monoisotopic (exact) mass is 299 g/mol. The molecule has 0 saturated carbocycles. The molecule has 0 heterocycles. The maximum absolute atomic E-state index is 11.9. The number of carbonyl (C=O) groups is 1. The maximum atomic E-state index is 11.9. The van der Waals surface area contributed by atoms with Gasteiger partial charge in [0.25, 0.3) is 0 Å². The minimum atomic E-state index is 0.0324. The fourth-order valence-corrected chi connectivity index (χ4v) is 2.19. The first kappa shape index (κ1) is 11.7. The molecular weight excluding hydrogens is 289 g/mol. The van der Waals surface area contributed by atoms with Gasteiger partial charge < -0.3 is 5.32 Å². The van der Waals surface area contributed by atoms with Crippen LogP contribution in [0.15, 0.2) is 34.8 Å². The van der Waals surface area contributed by atoms with Crippen molar-refractivity contribution >= 4 is 39.1 Å². The standard InChI is InChI=1S/C12H11BrClNO/c13-9-5-6-10(14)11(7-9)15-12(16)8-3-1-2-4-8/h1-2,5-8H,3-4H2,(H,15,16). The highest BCUT2D eigenvalue weighted by Crippen LogP contribution is 2.27. The van der Waals surface area contributed by atoms with Crippen molar-refractivity contribution < 1.29 is 4.79 Å². The lowest BCUT2D eigenvalue weighted by Gasteiger charge is -2.11. The van der Waals surface area contributed by atoms with Crippen LogP contribution in [-0.4, -0.2) is 5.91 Å². The van der Waals surface area contributed by atoms with Crippen LogP contribution < -0.4 is 5.32 Å². The Labute approximate surface area is 108 Å². The molecule has 1 aliphatic carbocycles. The number of benzene rings is 1. The van der Waals surface area contributed by atoms with Crippen molar-refractivity contribution in [3.8, 4) is 0 Å². The molecule has 0 spiro atoms. The van der Waals surface area contributed by atoms with Crippen molar-refractivity contribution in [1.82, 2.24) is 0 Å². The molecular formula is C12H11BrClNO. The highest BCUT2D eigenvalue weighted by atomic mass is 79.9. The van der Waals surface area contributed by atoms with E-state index in [1.165, 1.54) is 0 Å². The number of rotatable bonds is 2. The second-order valence-electron chi connectivity index (χ2n) is 3.75. The minimum Gasteiger partial charge on any atom is -0.324 e. The van der Waals surface area contributed by atoms with Gasteiger partial charge in [-0.25, -0.2) is 0 Å². The number of allylic oxidation sites excluding steroid dienone is 2. The van der Waals surface area contributed by atoms with Gasteiger partial charge in [-0.2, -0.15) is 0 Å². The van der Waals surface area contributed by atoms with Gasteiger partial charge in [-0.3, -0.25) is 4.79 Å². The fraction of sp³-hybridized carbons (Fsp3) is 0.250. The van der Waals surface area contributed by atoms with Crippen LogP contribution in [0.1, 0.15) is 12.8 Å². The Kier molecular flexibility index (Phi) is 3.66. The molecule has 0 bridgehead atoms. The van der Waals surface area contributed by atoms with Crippen molar-refractivity contribution in [2.75, 3.05) is 5.32 Å². The van der Waals surface area contributed by atoms with Gasteiger partial charge >= 0.3 is 0 Å². The van der Waals surface area contributed by atoms with Crippen LogP contribution >= 0.6 is 27.5 Å². The van der Waals surface area contributed by atoms with Crippen molar-refractivity contribution in [2.45, 2.75) is 12.8 Å². The zero-order chi connectivity index (χ0) is 11.5. The predicted octanol–water partition coefficient (Wildman–Crippen LogP) is 4.01. The van der Waals surface area contributed by atoms with E-state index in [-0.39, 0.29) is 11.8 Å². The zero-order valence-corrected chi connectivity index (χ0v) is 10.9. The van der Waals surface area contributed by atoms with E-state index in [0.717, 1.165) is 17.3 Å². The minimum absolute atomic E-state index is 0.0324. The average molecular weight is 301 g/mol. The van der Waals surface area contributed by atoms with Crippen molar-refractivity contribution in [3.63, 3.8) is 0 Å². The fourth-order valence-electron chi connectivity index (χ4n) is 1.66. The topological polar surface area (TPSA) is 29.1 Å². The summed E-state index contributed by atoms with van der Waals surface area (Å²) in [5.74, 6) is 0.0834. The molecule has 0 aliphatic heterocycles. The Balaban J connectivity index is 2.08. The van der Waals surface area contributed by atoms with Crippen LogP contribution in [0, 0.1) is 5.92 Å². The summed E-state index contributed by atoms with van der Waals surface area (Å²) in [7, 11) is 0. The van der Waals surface area contributed by atoms with Crippen LogP contribution in [0.5, 0.6) is 0 Å². The highest BCUT2D eigenvalue weighted by molar-refractivity contribution is 9.10. The molecule has 2 rings (SSSR count). The summed E-state index contributed by atoms with van der Waals surface area (Å²) in [6.45, 7) is 0. The molecule has 1 aliphatic rings. The largest absolute Gasteiger partial charge is 0.324 e.